The van der Waals surface area contributed by atoms with E-state index in [1.54, 1.807) is 24.8 Å². The van der Waals surface area contributed by atoms with E-state index in [0.29, 0.717) is 29.0 Å². The van der Waals surface area contributed by atoms with E-state index in [4.69, 9.17) is 14.4 Å². The van der Waals surface area contributed by atoms with Crippen molar-refractivity contribution >= 4 is 17.7 Å². The molecule has 0 fully saturated rings. The molecule has 1 N–H and O–H groups in total. The SMILES string of the molecule is COCc1cc(-c2nnc(SCC(=O)O)n2C)no1. The van der Waals surface area contributed by atoms with Crippen LogP contribution in [0.15, 0.2) is 15.7 Å². The highest BCUT2D eigenvalue weighted by Crippen LogP contribution is 2.22. The van der Waals surface area contributed by atoms with Crippen LogP contribution in [0.1, 0.15) is 5.76 Å². The largest absolute Gasteiger partial charge is 0.481 e. The van der Waals surface area contributed by atoms with E-state index in [0.717, 1.165) is 11.8 Å². The van der Waals surface area contributed by atoms with Crippen LogP contribution in [0.4, 0.5) is 0 Å². The average Bonchev–Trinajstić information content (AvgIpc) is 2.94. The minimum atomic E-state index is -0.904. The number of aromatic nitrogens is 4. The summed E-state index contributed by atoms with van der Waals surface area (Å²) in [6, 6.07) is 1.71. The molecule has 0 bridgehead atoms. The number of carboxylic acid groups (broad SMARTS) is 1. The Labute approximate surface area is 112 Å². The summed E-state index contributed by atoms with van der Waals surface area (Å²) >= 11 is 1.09. The predicted molar refractivity (Wildman–Crippen MR) is 65.6 cm³/mol. The van der Waals surface area contributed by atoms with Crippen molar-refractivity contribution in [1.82, 2.24) is 19.9 Å². The molecular formula is C10H12N4O4S. The molecule has 2 heterocycles. The minimum Gasteiger partial charge on any atom is -0.481 e. The molecule has 0 aliphatic carbocycles. The highest BCUT2D eigenvalue weighted by molar-refractivity contribution is 7.99. The van der Waals surface area contributed by atoms with Gasteiger partial charge in [-0.1, -0.05) is 16.9 Å². The molecule has 0 unspecified atom stereocenters. The van der Waals surface area contributed by atoms with Gasteiger partial charge in [0.15, 0.2) is 22.4 Å². The molecule has 8 nitrogen and oxygen atoms in total. The third kappa shape index (κ3) is 3.12. The number of aliphatic carboxylic acids is 1. The van der Waals surface area contributed by atoms with Crippen LogP contribution in [0.25, 0.3) is 11.5 Å². The van der Waals surface area contributed by atoms with Crippen LogP contribution in [0, 0.1) is 0 Å². The predicted octanol–water partition coefficient (Wildman–Crippen LogP) is 0.793. The highest BCUT2D eigenvalue weighted by Gasteiger charge is 2.16. The zero-order valence-corrected chi connectivity index (χ0v) is 11.2. The van der Waals surface area contributed by atoms with Crippen LogP contribution in [-0.2, 0) is 23.2 Å². The normalized spacial score (nSPS) is 10.8. The Hall–Kier alpha value is -1.87. The van der Waals surface area contributed by atoms with E-state index in [1.165, 1.54) is 0 Å². The van der Waals surface area contributed by atoms with Gasteiger partial charge in [-0.2, -0.15) is 0 Å². The molecule has 0 saturated carbocycles. The fraction of sp³-hybridized carbons (Fsp3) is 0.400. The van der Waals surface area contributed by atoms with Crippen molar-refractivity contribution < 1.29 is 19.2 Å². The Morgan fingerprint density at radius 1 is 1.58 bits per heavy atom. The number of nitrogens with zero attached hydrogens (tertiary/aromatic N) is 4. The lowest BCUT2D eigenvalue weighted by molar-refractivity contribution is -0.133. The first kappa shape index (κ1) is 13.6. The molecule has 0 saturated heterocycles. The van der Waals surface area contributed by atoms with E-state index in [2.05, 4.69) is 15.4 Å². The zero-order chi connectivity index (χ0) is 13.8. The van der Waals surface area contributed by atoms with E-state index in [-0.39, 0.29) is 5.75 Å². The molecule has 19 heavy (non-hydrogen) atoms. The smallest absolute Gasteiger partial charge is 0.313 e. The van der Waals surface area contributed by atoms with Gasteiger partial charge in [-0.3, -0.25) is 4.79 Å². The van der Waals surface area contributed by atoms with E-state index < -0.39 is 5.97 Å². The van der Waals surface area contributed by atoms with Crippen molar-refractivity contribution in [3.63, 3.8) is 0 Å². The van der Waals surface area contributed by atoms with Crippen molar-refractivity contribution in [2.24, 2.45) is 7.05 Å². The van der Waals surface area contributed by atoms with Crippen LogP contribution in [0.2, 0.25) is 0 Å². The number of hydrogen-bond donors (Lipinski definition) is 1. The molecule has 0 aromatic carbocycles. The lowest BCUT2D eigenvalue weighted by Crippen LogP contribution is -2.01. The number of methoxy groups -OCH3 is 1. The lowest BCUT2D eigenvalue weighted by atomic mass is 10.3. The van der Waals surface area contributed by atoms with Gasteiger partial charge in [0.1, 0.15) is 6.61 Å². The fourth-order valence-electron chi connectivity index (χ4n) is 1.42. The van der Waals surface area contributed by atoms with Gasteiger partial charge in [-0.25, -0.2) is 0 Å². The topological polar surface area (TPSA) is 103 Å². The van der Waals surface area contributed by atoms with Crippen LogP contribution in [-0.4, -0.2) is 43.9 Å². The second kappa shape index (κ2) is 5.85. The number of carbonyl (C=O) groups is 1. The molecule has 0 spiro atoms. The van der Waals surface area contributed by atoms with Gasteiger partial charge in [0, 0.05) is 20.2 Å². The quantitative estimate of drug-likeness (QED) is 0.777. The summed E-state index contributed by atoms with van der Waals surface area (Å²) in [6.45, 7) is 0.325. The summed E-state index contributed by atoms with van der Waals surface area (Å²) in [5, 5.41) is 20.9. The first-order valence-corrected chi connectivity index (χ1v) is 6.29. The first-order chi connectivity index (χ1) is 9.11. The molecule has 9 heteroatoms. The number of thioether (sulfide) groups is 1. The highest BCUT2D eigenvalue weighted by atomic mass is 32.2. The molecule has 0 amide bonds. The first-order valence-electron chi connectivity index (χ1n) is 5.30. The Morgan fingerprint density at radius 3 is 3.05 bits per heavy atom. The Bertz CT molecular complexity index is 580. The van der Waals surface area contributed by atoms with E-state index in [9.17, 15) is 4.79 Å². The number of carboxylic acids is 1. The summed E-state index contributed by atoms with van der Waals surface area (Å²) in [5.41, 5.74) is 0.532. The Balaban J connectivity index is 2.18. The maximum absolute atomic E-state index is 10.5. The Morgan fingerprint density at radius 2 is 2.37 bits per heavy atom. The molecular weight excluding hydrogens is 272 g/mol. The molecule has 102 valence electrons. The maximum Gasteiger partial charge on any atom is 0.313 e. The molecule has 2 aromatic rings. The third-order valence-electron chi connectivity index (χ3n) is 2.23. The lowest BCUT2D eigenvalue weighted by Gasteiger charge is -1.99. The fourth-order valence-corrected chi connectivity index (χ4v) is 2.05. The van der Waals surface area contributed by atoms with Crippen LogP contribution >= 0.6 is 11.8 Å². The molecule has 0 aliphatic rings. The van der Waals surface area contributed by atoms with Gasteiger partial charge < -0.3 is 18.9 Å². The average molecular weight is 284 g/mol. The van der Waals surface area contributed by atoms with Crippen molar-refractivity contribution in [2.75, 3.05) is 12.9 Å². The summed E-state index contributed by atoms with van der Waals surface area (Å²) in [4.78, 5) is 10.5. The minimum absolute atomic E-state index is 0.0697. The third-order valence-corrected chi connectivity index (χ3v) is 3.24. The van der Waals surface area contributed by atoms with E-state index in [1.807, 2.05) is 0 Å². The molecule has 2 rings (SSSR count). The summed E-state index contributed by atoms with van der Waals surface area (Å²) in [6.07, 6.45) is 0. The number of ether oxygens (including phenoxy) is 1. The van der Waals surface area contributed by atoms with Crippen molar-refractivity contribution in [2.45, 2.75) is 11.8 Å². The molecule has 0 aliphatic heterocycles. The molecule has 0 radical (unpaired) electrons. The summed E-state index contributed by atoms with van der Waals surface area (Å²) in [5.74, 6) is 0.122. The molecule has 0 atom stereocenters. The van der Waals surface area contributed by atoms with Crippen molar-refractivity contribution in [3.8, 4) is 11.5 Å². The summed E-state index contributed by atoms with van der Waals surface area (Å²) < 4.78 is 11.7. The number of rotatable bonds is 6. The van der Waals surface area contributed by atoms with Crippen LogP contribution in [0.3, 0.4) is 0 Å². The van der Waals surface area contributed by atoms with Crippen molar-refractivity contribution in [3.05, 3.63) is 11.8 Å². The Kier molecular flexibility index (Phi) is 4.17. The van der Waals surface area contributed by atoms with E-state index >= 15 is 0 Å². The van der Waals surface area contributed by atoms with Crippen LogP contribution in [0.5, 0.6) is 0 Å². The van der Waals surface area contributed by atoms with Gasteiger partial charge in [-0.15, -0.1) is 10.2 Å². The van der Waals surface area contributed by atoms with Gasteiger partial charge >= 0.3 is 5.97 Å². The van der Waals surface area contributed by atoms with Gasteiger partial charge in [0.05, 0.1) is 5.75 Å². The number of hydrogen-bond acceptors (Lipinski definition) is 7. The maximum atomic E-state index is 10.5. The van der Waals surface area contributed by atoms with Crippen LogP contribution < -0.4 is 0 Å². The van der Waals surface area contributed by atoms with Gasteiger partial charge in [-0.05, 0) is 0 Å². The monoisotopic (exact) mass is 284 g/mol. The van der Waals surface area contributed by atoms with Gasteiger partial charge in [0.2, 0.25) is 0 Å². The second-order valence-corrected chi connectivity index (χ2v) is 4.60. The molecule has 2 aromatic heterocycles. The standard InChI is InChI=1S/C10H12N4O4S/c1-14-9(7-3-6(4-17-2)18-13-7)11-12-10(14)19-5-8(15)16/h3H,4-5H2,1-2H3,(H,15,16). The summed E-state index contributed by atoms with van der Waals surface area (Å²) in [7, 11) is 3.30. The second-order valence-electron chi connectivity index (χ2n) is 3.66. The zero-order valence-electron chi connectivity index (χ0n) is 10.4. The van der Waals surface area contributed by atoms with Gasteiger partial charge in [0.25, 0.3) is 0 Å². The van der Waals surface area contributed by atoms with Crippen molar-refractivity contribution in [1.29, 1.82) is 0 Å².